The highest BCUT2D eigenvalue weighted by Gasteiger charge is 2.23. The maximum atomic E-state index is 10.6. The van der Waals surface area contributed by atoms with Gasteiger partial charge >= 0.3 is 0 Å². The van der Waals surface area contributed by atoms with E-state index < -0.39 is 11.3 Å². The first-order valence-electron chi connectivity index (χ1n) is 4.10. The Hall–Kier alpha value is -2.10. The summed E-state index contributed by atoms with van der Waals surface area (Å²) in [6.45, 7) is 5.08. The minimum atomic E-state index is -0.730. The summed E-state index contributed by atoms with van der Waals surface area (Å²) in [5, 5.41) is 3.24. The zero-order valence-corrected chi connectivity index (χ0v) is 9.11. The molecule has 0 saturated carbocycles. The van der Waals surface area contributed by atoms with E-state index in [1.807, 2.05) is 0 Å². The van der Waals surface area contributed by atoms with Crippen LogP contribution in [0.4, 0.5) is 0 Å². The molecule has 0 atom stereocenters. The second kappa shape index (κ2) is 8.50. The summed E-state index contributed by atoms with van der Waals surface area (Å²) >= 11 is 0. The van der Waals surface area contributed by atoms with Crippen LogP contribution in [0.2, 0.25) is 0 Å². The molecular formula is C10H14N4O. The van der Waals surface area contributed by atoms with Crippen molar-refractivity contribution in [3.05, 3.63) is 10.4 Å². The van der Waals surface area contributed by atoms with E-state index in [9.17, 15) is 4.79 Å². The number of carbonyl (C=O) groups excluding carboxylic acids is 1. The number of nitrogens with two attached hydrogens (primary N) is 1. The molecule has 0 saturated heterocycles. The summed E-state index contributed by atoms with van der Waals surface area (Å²) in [5.74, 6) is 6.62. The summed E-state index contributed by atoms with van der Waals surface area (Å²) in [6.07, 6.45) is 4.72. The van der Waals surface area contributed by atoms with Crippen molar-refractivity contribution in [2.75, 3.05) is 6.54 Å². The van der Waals surface area contributed by atoms with E-state index in [1.54, 1.807) is 20.8 Å². The van der Waals surface area contributed by atoms with Crippen LogP contribution < -0.4 is 5.73 Å². The van der Waals surface area contributed by atoms with Gasteiger partial charge in [0.1, 0.15) is 0 Å². The van der Waals surface area contributed by atoms with Crippen LogP contribution in [0.25, 0.3) is 10.4 Å². The first kappa shape index (κ1) is 15.4. The van der Waals surface area contributed by atoms with Gasteiger partial charge in [0.2, 0.25) is 5.91 Å². The number of terminal acetylenes is 1. The molecule has 0 aliphatic carbocycles. The van der Waals surface area contributed by atoms with Gasteiger partial charge in [-0.3, -0.25) is 4.79 Å². The minimum Gasteiger partial charge on any atom is -0.369 e. The molecule has 0 aromatic rings. The highest BCUT2D eigenvalue weighted by Crippen LogP contribution is 2.13. The maximum absolute atomic E-state index is 10.6. The van der Waals surface area contributed by atoms with Gasteiger partial charge in [-0.25, -0.2) is 0 Å². The molecule has 2 N–H and O–H groups in total. The van der Waals surface area contributed by atoms with Gasteiger partial charge in [0.25, 0.3) is 0 Å². The molecule has 0 spiro atoms. The van der Waals surface area contributed by atoms with Gasteiger partial charge in [0, 0.05) is 16.9 Å². The summed E-state index contributed by atoms with van der Waals surface area (Å²) < 4.78 is 0. The first-order chi connectivity index (χ1) is 6.92. The number of hydrogen-bond donors (Lipinski definition) is 1. The van der Waals surface area contributed by atoms with Crippen LogP contribution in [0, 0.1) is 29.6 Å². The molecule has 0 bridgehead atoms. The summed E-state index contributed by atoms with van der Waals surface area (Å²) in [5.41, 5.74) is 12.2. The average molecular weight is 206 g/mol. The topological polar surface area (TPSA) is 91.8 Å². The van der Waals surface area contributed by atoms with Gasteiger partial charge in [-0.15, -0.1) is 6.42 Å². The zero-order chi connectivity index (χ0) is 12.3. The molecule has 0 aromatic carbocycles. The lowest BCUT2D eigenvalue weighted by molar-refractivity contribution is -0.125. The van der Waals surface area contributed by atoms with Gasteiger partial charge in [0.05, 0.1) is 0 Å². The lowest BCUT2D eigenvalue weighted by Crippen LogP contribution is -2.33. The van der Waals surface area contributed by atoms with Crippen LogP contribution in [0.15, 0.2) is 5.11 Å². The molecule has 0 aliphatic heterocycles. The first-order valence-corrected chi connectivity index (χ1v) is 4.10. The smallest absolute Gasteiger partial charge is 0.223 e. The van der Waals surface area contributed by atoms with Crippen molar-refractivity contribution in [2.24, 2.45) is 16.3 Å². The Morgan fingerprint density at radius 2 is 2.20 bits per heavy atom. The largest absolute Gasteiger partial charge is 0.369 e. The predicted molar refractivity (Wildman–Crippen MR) is 59.3 cm³/mol. The number of primary amides is 1. The third-order valence-corrected chi connectivity index (χ3v) is 1.39. The fraction of sp³-hybridized carbons (Fsp3) is 0.500. The molecular weight excluding hydrogens is 192 g/mol. The Balaban J connectivity index is 0. The Morgan fingerprint density at radius 1 is 1.67 bits per heavy atom. The SMILES string of the molecule is C#CC#CC.CC(C)(CN=[N+]=[N-])C(N)=O. The molecule has 80 valence electrons. The molecule has 1 amide bonds. The third-order valence-electron chi connectivity index (χ3n) is 1.39. The highest BCUT2D eigenvalue weighted by molar-refractivity contribution is 5.80. The van der Waals surface area contributed by atoms with Crippen LogP contribution in [-0.4, -0.2) is 12.5 Å². The number of rotatable bonds is 3. The van der Waals surface area contributed by atoms with E-state index in [0.717, 1.165) is 0 Å². The van der Waals surface area contributed by atoms with Crippen LogP contribution >= 0.6 is 0 Å². The number of carbonyl (C=O) groups is 1. The van der Waals surface area contributed by atoms with Crippen LogP contribution in [0.1, 0.15) is 20.8 Å². The van der Waals surface area contributed by atoms with Gasteiger partial charge in [-0.2, -0.15) is 0 Å². The molecule has 0 rings (SSSR count). The molecule has 5 nitrogen and oxygen atoms in total. The lowest BCUT2D eigenvalue weighted by atomic mass is 9.93. The Morgan fingerprint density at radius 3 is 2.40 bits per heavy atom. The number of nitrogens with zero attached hydrogens (tertiary/aromatic N) is 3. The normalized spacial score (nSPS) is 7.87. The third kappa shape index (κ3) is 9.82. The highest BCUT2D eigenvalue weighted by atomic mass is 16.1. The molecule has 5 heteroatoms. The second-order valence-electron chi connectivity index (χ2n) is 3.16. The van der Waals surface area contributed by atoms with Gasteiger partial charge in [-0.05, 0) is 24.3 Å². The van der Waals surface area contributed by atoms with E-state index in [1.165, 1.54) is 0 Å². The van der Waals surface area contributed by atoms with Crippen molar-refractivity contribution in [1.82, 2.24) is 0 Å². The molecule has 0 heterocycles. The Labute approximate surface area is 89.7 Å². The summed E-state index contributed by atoms with van der Waals surface area (Å²) in [6, 6.07) is 0. The molecule has 0 aromatic heterocycles. The van der Waals surface area contributed by atoms with Gasteiger partial charge in [-0.1, -0.05) is 24.9 Å². The Bertz CT molecular complexity index is 348. The standard InChI is InChI=1S/C5H10N4O.C5H4/c1-5(2,4(6)10)3-8-9-7;1-3-5-4-2/h3H2,1-2H3,(H2,6,10);1H,2H3. The summed E-state index contributed by atoms with van der Waals surface area (Å²) in [7, 11) is 0. The predicted octanol–water partition coefficient (Wildman–Crippen LogP) is 1.45. The van der Waals surface area contributed by atoms with E-state index >= 15 is 0 Å². The second-order valence-corrected chi connectivity index (χ2v) is 3.16. The van der Waals surface area contributed by atoms with Crippen LogP contribution in [0.5, 0.6) is 0 Å². The molecule has 0 aliphatic rings. The van der Waals surface area contributed by atoms with E-state index in [0.29, 0.717) is 0 Å². The van der Waals surface area contributed by atoms with Gasteiger partial charge in [0.15, 0.2) is 0 Å². The molecule has 0 unspecified atom stereocenters. The molecule has 0 fully saturated rings. The van der Waals surface area contributed by atoms with Gasteiger partial charge < -0.3 is 5.73 Å². The van der Waals surface area contributed by atoms with Crippen molar-refractivity contribution in [1.29, 1.82) is 0 Å². The van der Waals surface area contributed by atoms with Crippen LogP contribution in [0.3, 0.4) is 0 Å². The fourth-order valence-electron chi connectivity index (χ4n) is 0.358. The minimum absolute atomic E-state index is 0.110. The number of hydrogen-bond acceptors (Lipinski definition) is 2. The quantitative estimate of drug-likeness (QED) is 0.322. The Kier molecular flexibility index (Phi) is 8.71. The number of amides is 1. The van der Waals surface area contributed by atoms with E-state index in [2.05, 4.69) is 27.8 Å². The van der Waals surface area contributed by atoms with Crippen molar-refractivity contribution in [3.8, 4) is 24.2 Å². The van der Waals surface area contributed by atoms with E-state index in [-0.39, 0.29) is 6.54 Å². The van der Waals surface area contributed by atoms with Crippen LogP contribution in [-0.2, 0) is 4.79 Å². The average Bonchev–Trinajstić information content (AvgIpc) is 2.17. The maximum Gasteiger partial charge on any atom is 0.223 e. The van der Waals surface area contributed by atoms with Crippen molar-refractivity contribution in [3.63, 3.8) is 0 Å². The fourth-order valence-corrected chi connectivity index (χ4v) is 0.358. The monoisotopic (exact) mass is 206 g/mol. The molecule has 0 radical (unpaired) electrons. The van der Waals surface area contributed by atoms with Crippen molar-refractivity contribution >= 4 is 5.91 Å². The zero-order valence-electron chi connectivity index (χ0n) is 9.11. The van der Waals surface area contributed by atoms with Crippen molar-refractivity contribution in [2.45, 2.75) is 20.8 Å². The molecule has 15 heavy (non-hydrogen) atoms. The summed E-state index contributed by atoms with van der Waals surface area (Å²) in [4.78, 5) is 13.1. The van der Waals surface area contributed by atoms with E-state index in [4.69, 9.17) is 17.7 Å². The lowest BCUT2D eigenvalue weighted by Gasteiger charge is -2.15. The van der Waals surface area contributed by atoms with Crippen molar-refractivity contribution < 1.29 is 4.79 Å². The number of azide groups is 1.